The van der Waals surface area contributed by atoms with Crippen molar-refractivity contribution in [3.05, 3.63) is 0 Å². The van der Waals surface area contributed by atoms with Crippen LogP contribution in [-0.2, 0) is 9.59 Å². The summed E-state index contributed by atoms with van der Waals surface area (Å²) in [5, 5.41) is 15.6. The van der Waals surface area contributed by atoms with Gasteiger partial charge in [-0.15, -0.1) is 0 Å². The topological polar surface area (TPSA) is 78.4 Å². The number of carboxylic acid groups (broad SMARTS) is 1. The zero-order chi connectivity index (χ0) is 15.2. The SMILES string of the molecule is BCC[C@@H]1CC[C@@H](CNC(=O)[C@@H]2CCCN2)[C@@H](C(=O)O)C1. The third-order valence-electron chi connectivity index (χ3n) is 5.03. The van der Waals surface area contributed by atoms with Crippen LogP contribution in [-0.4, -0.2) is 44.0 Å². The van der Waals surface area contributed by atoms with Gasteiger partial charge in [-0.3, -0.25) is 9.59 Å². The highest BCUT2D eigenvalue weighted by atomic mass is 16.4. The fraction of sp³-hybridized carbons (Fsp3) is 0.867. The van der Waals surface area contributed by atoms with Crippen molar-refractivity contribution >= 4 is 19.7 Å². The molecule has 0 spiro atoms. The standard InChI is InChI=1S/C15H27BN2O3/c16-6-5-10-3-4-11(12(8-10)15(20)21)9-18-14(19)13-2-1-7-17-13/h10-13,17H,1-9,16H2,(H,18,19)(H,20,21)/t10-,11-,12-,13-/m0/s1. The lowest BCUT2D eigenvalue weighted by Crippen LogP contribution is -2.45. The first-order chi connectivity index (χ1) is 10.1. The highest BCUT2D eigenvalue weighted by Gasteiger charge is 2.35. The predicted octanol–water partition coefficient (Wildman–Crippen LogP) is 0.413. The van der Waals surface area contributed by atoms with Crippen molar-refractivity contribution in [1.82, 2.24) is 10.6 Å². The molecule has 5 nitrogen and oxygen atoms in total. The van der Waals surface area contributed by atoms with E-state index in [1.165, 1.54) is 0 Å². The van der Waals surface area contributed by atoms with E-state index in [0.29, 0.717) is 12.5 Å². The first-order valence-corrected chi connectivity index (χ1v) is 8.35. The van der Waals surface area contributed by atoms with E-state index in [2.05, 4.69) is 18.5 Å². The van der Waals surface area contributed by atoms with Crippen LogP contribution in [0.2, 0.25) is 6.32 Å². The Labute approximate surface area is 127 Å². The van der Waals surface area contributed by atoms with E-state index in [1.54, 1.807) is 0 Å². The molecular weight excluding hydrogens is 267 g/mol. The summed E-state index contributed by atoms with van der Waals surface area (Å²) in [6.07, 6.45) is 6.95. The molecule has 0 unspecified atom stereocenters. The van der Waals surface area contributed by atoms with Crippen molar-refractivity contribution in [3.63, 3.8) is 0 Å². The molecule has 1 amide bonds. The maximum absolute atomic E-state index is 12.0. The highest BCUT2D eigenvalue weighted by Crippen LogP contribution is 2.36. The Bertz CT molecular complexity index is 372. The van der Waals surface area contributed by atoms with E-state index in [0.717, 1.165) is 51.4 Å². The van der Waals surface area contributed by atoms with Crippen molar-refractivity contribution in [2.24, 2.45) is 17.8 Å². The second kappa shape index (κ2) is 7.83. The van der Waals surface area contributed by atoms with E-state index in [-0.39, 0.29) is 23.8 Å². The molecular formula is C15H27BN2O3. The van der Waals surface area contributed by atoms with Gasteiger partial charge in [0.25, 0.3) is 0 Å². The van der Waals surface area contributed by atoms with Gasteiger partial charge in [0.05, 0.1) is 12.0 Å². The molecule has 1 saturated carbocycles. The molecule has 3 N–H and O–H groups in total. The van der Waals surface area contributed by atoms with Crippen LogP contribution >= 0.6 is 0 Å². The van der Waals surface area contributed by atoms with Crippen LogP contribution < -0.4 is 10.6 Å². The summed E-state index contributed by atoms with van der Waals surface area (Å²) in [5.41, 5.74) is 0. The first kappa shape index (κ1) is 16.3. The summed E-state index contributed by atoms with van der Waals surface area (Å²) in [4.78, 5) is 23.5. The molecule has 0 radical (unpaired) electrons. The third kappa shape index (κ3) is 4.46. The van der Waals surface area contributed by atoms with Crippen molar-refractivity contribution in [2.45, 2.75) is 50.9 Å². The summed E-state index contributed by atoms with van der Waals surface area (Å²) in [6, 6.07) is -0.0790. The van der Waals surface area contributed by atoms with Crippen molar-refractivity contribution in [2.75, 3.05) is 13.1 Å². The molecule has 2 fully saturated rings. The van der Waals surface area contributed by atoms with Gasteiger partial charge < -0.3 is 15.7 Å². The van der Waals surface area contributed by atoms with Crippen LogP contribution in [0.3, 0.4) is 0 Å². The molecule has 6 heteroatoms. The van der Waals surface area contributed by atoms with Gasteiger partial charge in [0.1, 0.15) is 7.85 Å². The van der Waals surface area contributed by atoms with E-state index in [1.807, 2.05) is 0 Å². The summed E-state index contributed by atoms with van der Waals surface area (Å²) < 4.78 is 0. The van der Waals surface area contributed by atoms with Gasteiger partial charge in [0, 0.05) is 6.54 Å². The van der Waals surface area contributed by atoms with Crippen molar-refractivity contribution in [3.8, 4) is 0 Å². The van der Waals surface area contributed by atoms with Crippen LogP contribution in [0.25, 0.3) is 0 Å². The van der Waals surface area contributed by atoms with E-state index in [4.69, 9.17) is 0 Å². The number of amides is 1. The Balaban J connectivity index is 1.83. The minimum Gasteiger partial charge on any atom is -0.481 e. The molecule has 2 aliphatic rings. The minimum atomic E-state index is -0.700. The number of carbonyl (C=O) groups excluding carboxylic acids is 1. The third-order valence-corrected chi connectivity index (χ3v) is 5.03. The van der Waals surface area contributed by atoms with Gasteiger partial charge in [-0.25, -0.2) is 0 Å². The maximum atomic E-state index is 12.0. The Morgan fingerprint density at radius 3 is 2.71 bits per heavy atom. The molecule has 21 heavy (non-hydrogen) atoms. The molecule has 0 aromatic heterocycles. The fourth-order valence-electron chi connectivity index (χ4n) is 3.80. The lowest BCUT2D eigenvalue weighted by molar-refractivity contribution is -0.146. The number of rotatable bonds is 6. The Morgan fingerprint density at radius 1 is 1.29 bits per heavy atom. The van der Waals surface area contributed by atoms with Gasteiger partial charge in [0.15, 0.2) is 0 Å². The molecule has 1 saturated heterocycles. The summed E-state index contributed by atoms with van der Waals surface area (Å²) in [5.74, 6) is -0.339. The molecule has 0 aromatic carbocycles. The largest absolute Gasteiger partial charge is 0.481 e. The number of hydrogen-bond acceptors (Lipinski definition) is 3. The predicted molar refractivity (Wildman–Crippen MR) is 84.0 cm³/mol. The number of carbonyl (C=O) groups is 2. The second-order valence-electron chi connectivity index (χ2n) is 6.57. The normalized spacial score (nSPS) is 32.8. The Hall–Kier alpha value is -1.04. The molecule has 4 atom stereocenters. The van der Waals surface area contributed by atoms with Crippen LogP contribution in [0.4, 0.5) is 0 Å². The zero-order valence-corrected chi connectivity index (χ0v) is 12.9. The zero-order valence-electron chi connectivity index (χ0n) is 12.9. The monoisotopic (exact) mass is 294 g/mol. The van der Waals surface area contributed by atoms with Gasteiger partial charge >= 0.3 is 5.97 Å². The molecule has 118 valence electrons. The van der Waals surface area contributed by atoms with Crippen molar-refractivity contribution in [1.29, 1.82) is 0 Å². The van der Waals surface area contributed by atoms with Crippen LogP contribution in [0, 0.1) is 17.8 Å². The van der Waals surface area contributed by atoms with E-state index >= 15 is 0 Å². The fourth-order valence-corrected chi connectivity index (χ4v) is 3.80. The number of hydrogen-bond donors (Lipinski definition) is 3. The molecule has 0 bridgehead atoms. The lowest BCUT2D eigenvalue weighted by Gasteiger charge is -2.34. The molecule has 1 aliphatic heterocycles. The molecule has 1 aliphatic carbocycles. The average molecular weight is 294 g/mol. The van der Waals surface area contributed by atoms with Gasteiger partial charge in [-0.05, 0) is 44.1 Å². The molecule has 1 heterocycles. The highest BCUT2D eigenvalue weighted by molar-refractivity contribution is 6.08. The minimum absolute atomic E-state index is 0.0346. The van der Waals surface area contributed by atoms with Gasteiger partial charge in [-0.1, -0.05) is 19.2 Å². The average Bonchev–Trinajstić information content (AvgIpc) is 3.00. The maximum Gasteiger partial charge on any atom is 0.306 e. The Morgan fingerprint density at radius 2 is 2.10 bits per heavy atom. The van der Waals surface area contributed by atoms with Crippen molar-refractivity contribution < 1.29 is 14.7 Å². The first-order valence-electron chi connectivity index (χ1n) is 8.35. The van der Waals surface area contributed by atoms with Crippen LogP contribution in [0.5, 0.6) is 0 Å². The summed E-state index contributed by atoms with van der Waals surface area (Å²) in [7, 11) is 2.15. The smallest absolute Gasteiger partial charge is 0.306 e. The summed E-state index contributed by atoms with van der Waals surface area (Å²) >= 11 is 0. The molecule has 2 rings (SSSR count). The van der Waals surface area contributed by atoms with Crippen LogP contribution in [0.15, 0.2) is 0 Å². The second-order valence-corrected chi connectivity index (χ2v) is 6.57. The Kier molecular flexibility index (Phi) is 6.09. The van der Waals surface area contributed by atoms with Gasteiger partial charge in [0.2, 0.25) is 5.91 Å². The molecule has 0 aromatic rings. The van der Waals surface area contributed by atoms with Crippen LogP contribution in [0.1, 0.15) is 38.5 Å². The lowest BCUT2D eigenvalue weighted by atomic mass is 9.71. The van der Waals surface area contributed by atoms with E-state index in [9.17, 15) is 14.7 Å². The number of carboxylic acids is 1. The number of aliphatic carboxylic acids is 1. The quantitative estimate of drug-likeness (QED) is 0.620. The van der Waals surface area contributed by atoms with E-state index < -0.39 is 5.97 Å². The summed E-state index contributed by atoms with van der Waals surface area (Å²) in [6.45, 7) is 1.41. The van der Waals surface area contributed by atoms with Gasteiger partial charge in [-0.2, -0.15) is 0 Å². The number of nitrogens with one attached hydrogen (secondary N) is 2.